The summed E-state index contributed by atoms with van der Waals surface area (Å²) >= 11 is 0. The second-order valence-electron chi connectivity index (χ2n) is 6.19. The van der Waals surface area contributed by atoms with Crippen molar-refractivity contribution < 1.29 is 4.79 Å². The number of carbonyl (C=O) groups is 1. The molecule has 1 saturated heterocycles. The van der Waals surface area contributed by atoms with Crippen LogP contribution in [0.25, 0.3) is 0 Å². The Labute approximate surface area is 140 Å². The van der Waals surface area contributed by atoms with Crippen LogP contribution in [-0.4, -0.2) is 25.5 Å². The summed E-state index contributed by atoms with van der Waals surface area (Å²) in [6, 6.07) is 8.58. The first-order valence-electron chi connectivity index (χ1n) is 8.27. The molecule has 0 saturated carbocycles. The molecule has 0 spiro atoms. The van der Waals surface area contributed by atoms with Crippen LogP contribution in [0, 0.1) is 12.8 Å². The largest absolute Gasteiger partial charge is 0.356 e. The molecule has 1 heterocycles. The van der Waals surface area contributed by atoms with Crippen LogP contribution in [0.1, 0.15) is 43.2 Å². The van der Waals surface area contributed by atoms with Crippen LogP contribution in [0.15, 0.2) is 24.3 Å². The topological polar surface area (TPSA) is 41.1 Å². The summed E-state index contributed by atoms with van der Waals surface area (Å²) in [5.41, 5.74) is 2.61. The highest BCUT2D eigenvalue weighted by Crippen LogP contribution is 2.13. The molecule has 2 rings (SSSR count). The van der Waals surface area contributed by atoms with Crippen LogP contribution >= 0.6 is 12.4 Å². The van der Waals surface area contributed by atoms with Gasteiger partial charge in [-0.2, -0.15) is 0 Å². The smallest absolute Gasteiger partial charge is 0.220 e. The average Bonchev–Trinajstić information content (AvgIpc) is 2.50. The summed E-state index contributed by atoms with van der Waals surface area (Å²) in [6.45, 7) is 5.19. The van der Waals surface area contributed by atoms with Gasteiger partial charge in [0.05, 0.1) is 0 Å². The molecule has 1 fully saturated rings. The van der Waals surface area contributed by atoms with Crippen molar-refractivity contribution in [2.24, 2.45) is 5.92 Å². The monoisotopic (exact) mass is 324 g/mol. The number of aryl methyl sites for hydroxylation is 2. The maximum absolute atomic E-state index is 11.8. The van der Waals surface area contributed by atoms with E-state index in [1.165, 1.54) is 24.0 Å². The molecule has 3 nitrogen and oxygen atoms in total. The molecule has 1 aromatic rings. The zero-order chi connectivity index (χ0) is 14.9. The number of hydrogen-bond donors (Lipinski definition) is 2. The van der Waals surface area contributed by atoms with E-state index in [2.05, 4.69) is 41.8 Å². The fourth-order valence-corrected chi connectivity index (χ4v) is 2.88. The van der Waals surface area contributed by atoms with E-state index in [1.807, 2.05) is 0 Å². The Hall–Kier alpha value is -1.06. The molecule has 22 heavy (non-hydrogen) atoms. The van der Waals surface area contributed by atoms with Crippen LogP contribution < -0.4 is 10.6 Å². The Morgan fingerprint density at radius 3 is 2.77 bits per heavy atom. The summed E-state index contributed by atoms with van der Waals surface area (Å²) in [4.78, 5) is 11.8. The fourth-order valence-electron chi connectivity index (χ4n) is 2.88. The summed E-state index contributed by atoms with van der Waals surface area (Å²) in [5, 5.41) is 6.48. The number of piperidine rings is 1. The lowest BCUT2D eigenvalue weighted by Gasteiger charge is -2.22. The van der Waals surface area contributed by atoms with E-state index in [0.717, 1.165) is 44.8 Å². The zero-order valence-electron chi connectivity index (χ0n) is 13.6. The minimum Gasteiger partial charge on any atom is -0.356 e. The number of nitrogens with one attached hydrogen (secondary N) is 2. The van der Waals surface area contributed by atoms with Crippen molar-refractivity contribution in [1.82, 2.24) is 10.6 Å². The minimum absolute atomic E-state index is 0. The Kier molecular flexibility index (Phi) is 9.17. The van der Waals surface area contributed by atoms with Gasteiger partial charge in [0, 0.05) is 13.0 Å². The van der Waals surface area contributed by atoms with Gasteiger partial charge in [-0.15, -0.1) is 12.4 Å². The number of hydrogen-bond acceptors (Lipinski definition) is 2. The summed E-state index contributed by atoms with van der Waals surface area (Å²) in [7, 11) is 0. The van der Waals surface area contributed by atoms with Crippen molar-refractivity contribution in [1.29, 1.82) is 0 Å². The normalized spacial score (nSPS) is 17.6. The molecule has 1 amide bonds. The Balaban J connectivity index is 0.00000242. The molecule has 0 aliphatic carbocycles. The third-order valence-corrected chi connectivity index (χ3v) is 4.26. The van der Waals surface area contributed by atoms with Crippen LogP contribution in [0.4, 0.5) is 0 Å². The molecular formula is C18H29ClN2O. The van der Waals surface area contributed by atoms with Gasteiger partial charge in [-0.3, -0.25) is 4.79 Å². The molecule has 1 atom stereocenters. The highest BCUT2D eigenvalue weighted by molar-refractivity contribution is 5.85. The SMILES string of the molecule is Cc1ccc(CCCC(=O)NCCC2CCCNC2)cc1.Cl. The number of amides is 1. The molecule has 4 heteroatoms. The maximum Gasteiger partial charge on any atom is 0.220 e. The Bertz CT molecular complexity index is 427. The molecule has 0 aromatic heterocycles. The van der Waals surface area contributed by atoms with E-state index in [4.69, 9.17) is 0 Å². The van der Waals surface area contributed by atoms with Crippen molar-refractivity contribution in [3.05, 3.63) is 35.4 Å². The lowest BCUT2D eigenvalue weighted by atomic mass is 9.96. The summed E-state index contributed by atoms with van der Waals surface area (Å²) in [5.74, 6) is 0.942. The number of benzene rings is 1. The van der Waals surface area contributed by atoms with Crippen molar-refractivity contribution in [2.75, 3.05) is 19.6 Å². The van der Waals surface area contributed by atoms with E-state index in [9.17, 15) is 4.79 Å². The number of carbonyl (C=O) groups excluding carboxylic acids is 1. The van der Waals surface area contributed by atoms with Crippen LogP contribution in [0.5, 0.6) is 0 Å². The third-order valence-electron chi connectivity index (χ3n) is 4.26. The van der Waals surface area contributed by atoms with E-state index in [0.29, 0.717) is 6.42 Å². The van der Waals surface area contributed by atoms with Gasteiger partial charge in [-0.05, 0) is 63.6 Å². The summed E-state index contributed by atoms with van der Waals surface area (Å²) in [6.07, 6.45) is 6.24. The predicted molar refractivity (Wildman–Crippen MR) is 94.6 cm³/mol. The minimum atomic E-state index is 0. The van der Waals surface area contributed by atoms with Crippen molar-refractivity contribution in [2.45, 2.75) is 45.4 Å². The molecule has 0 bridgehead atoms. The maximum atomic E-state index is 11.8. The van der Waals surface area contributed by atoms with Gasteiger partial charge in [-0.25, -0.2) is 0 Å². The van der Waals surface area contributed by atoms with Crippen LogP contribution in [-0.2, 0) is 11.2 Å². The number of halogens is 1. The predicted octanol–water partition coefficient (Wildman–Crippen LogP) is 3.25. The fraction of sp³-hybridized carbons (Fsp3) is 0.611. The number of rotatable bonds is 7. The van der Waals surface area contributed by atoms with Gasteiger partial charge in [0.1, 0.15) is 0 Å². The average molecular weight is 325 g/mol. The first kappa shape index (κ1) is 19.0. The molecule has 1 aliphatic rings. The van der Waals surface area contributed by atoms with Gasteiger partial charge < -0.3 is 10.6 Å². The Morgan fingerprint density at radius 2 is 2.09 bits per heavy atom. The van der Waals surface area contributed by atoms with Crippen LogP contribution in [0.3, 0.4) is 0 Å². The quantitative estimate of drug-likeness (QED) is 0.808. The van der Waals surface area contributed by atoms with E-state index in [1.54, 1.807) is 0 Å². The summed E-state index contributed by atoms with van der Waals surface area (Å²) < 4.78 is 0. The molecule has 124 valence electrons. The lowest BCUT2D eigenvalue weighted by molar-refractivity contribution is -0.121. The van der Waals surface area contributed by atoms with Crippen molar-refractivity contribution in [3.8, 4) is 0 Å². The third kappa shape index (κ3) is 7.28. The first-order chi connectivity index (χ1) is 10.2. The van der Waals surface area contributed by atoms with E-state index < -0.39 is 0 Å². The van der Waals surface area contributed by atoms with Crippen LogP contribution in [0.2, 0.25) is 0 Å². The highest BCUT2D eigenvalue weighted by atomic mass is 35.5. The van der Waals surface area contributed by atoms with Gasteiger partial charge in [-0.1, -0.05) is 29.8 Å². The second-order valence-corrected chi connectivity index (χ2v) is 6.19. The van der Waals surface area contributed by atoms with Gasteiger partial charge in [0.15, 0.2) is 0 Å². The molecule has 1 aliphatic heterocycles. The molecule has 1 aromatic carbocycles. The molecule has 2 N–H and O–H groups in total. The molecular weight excluding hydrogens is 296 g/mol. The Morgan fingerprint density at radius 1 is 1.32 bits per heavy atom. The standard InChI is InChI=1S/C18H28N2O.ClH/c1-15-7-9-16(10-8-15)4-2-6-18(21)20-13-11-17-5-3-12-19-14-17;/h7-10,17,19H,2-6,11-14H2,1H3,(H,20,21);1H. The first-order valence-corrected chi connectivity index (χ1v) is 8.27. The van der Waals surface area contributed by atoms with E-state index in [-0.39, 0.29) is 18.3 Å². The molecule has 0 radical (unpaired) electrons. The van der Waals surface area contributed by atoms with Crippen molar-refractivity contribution >= 4 is 18.3 Å². The van der Waals surface area contributed by atoms with E-state index >= 15 is 0 Å². The molecule has 1 unspecified atom stereocenters. The van der Waals surface area contributed by atoms with Gasteiger partial charge in [0.25, 0.3) is 0 Å². The highest BCUT2D eigenvalue weighted by Gasteiger charge is 2.12. The zero-order valence-corrected chi connectivity index (χ0v) is 14.4. The van der Waals surface area contributed by atoms with Gasteiger partial charge >= 0.3 is 0 Å². The lowest BCUT2D eigenvalue weighted by Crippen LogP contribution is -2.33. The second kappa shape index (κ2) is 10.6. The van der Waals surface area contributed by atoms with Gasteiger partial charge in [0.2, 0.25) is 5.91 Å². The van der Waals surface area contributed by atoms with Crippen molar-refractivity contribution in [3.63, 3.8) is 0 Å².